The van der Waals surface area contributed by atoms with Crippen LogP contribution < -0.4 is 0 Å². The Kier molecular flexibility index (Phi) is 3.80. The van der Waals surface area contributed by atoms with E-state index in [2.05, 4.69) is 5.10 Å². The molecule has 0 aliphatic rings. The van der Waals surface area contributed by atoms with Crippen LogP contribution in [0.4, 0.5) is 0 Å². The van der Waals surface area contributed by atoms with Gasteiger partial charge < -0.3 is 5.11 Å². The first-order chi connectivity index (χ1) is 8.41. The van der Waals surface area contributed by atoms with E-state index in [0.717, 1.165) is 16.3 Å². The summed E-state index contributed by atoms with van der Waals surface area (Å²) in [5.74, 6) is 0.0279. The normalized spacial score (nSPS) is 10.9. The van der Waals surface area contributed by atoms with Crippen LogP contribution in [0.25, 0.3) is 0 Å². The number of rotatable bonds is 2. The van der Waals surface area contributed by atoms with Crippen LogP contribution >= 0.6 is 35.0 Å². The highest BCUT2D eigenvalue weighted by Gasteiger charge is 2.16. The van der Waals surface area contributed by atoms with Crippen LogP contribution in [0.15, 0.2) is 22.1 Å². The third kappa shape index (κ3) is 2.32. The second-order valence-electron chi connectivity index (χ2n) is 3.95. The highest BCUT2D eigenvalue weighted by Crippen LogP contribution is 2.43. The van der Waals surface area contributed by atoms with E-state index in [9.17, 15) is 5.11 Å². The van der Waals surface area contributed by atoms with Crippen LogP contribution in [-0.2, 0) is 7.05 Å². The number of hydrogen-bond donors (Lipinski definition) is 1. The monoisotopic (exact) mass is 302 g/mol. The van der Waals surface area contributed by atoms with Crippen LogP contribution in [0.3, 0.4) is 0 Å². The maximum Gasteiger partial charge on any atom is 0.135 e. The molecule has 2 rings (SSSR count). The van der Waals surface area contributed by atoms with E-state index < -0.39 is 0 Å². The molecule has 1 aromatic carbocycles. The molecule has 0 radical (unpaired) electrons. The van der Waals surface area contributed by atoms with Gasteiger partial charge in [0.1, 0.15) is 10.8 Å². The quantitative estimate of drug-likeness (QED) is 0.903. The van der Waals surface area contributed by atoms with Crippen molar-refractivity contribution in [3.63, 3.8) is 0 Å². The zero-order valence-corrected chi connectivity index (χ0v) is 12.5. The second kappa shape index (κ2) is 5.03. The maximum absolute atomic E-state index is 9.62. The summed E-state index contributed by atoms with van der Waals surface area (Å²) < 4.78 is 1.78. The Bertz CT molecular complexity index is 611. The van der Waals surface area contributed by atoms with Crippen molar-refractivity contribution in [2.75, 3.05) is 0 Å². The highest BCUT2D eigenvalue weighted by atomic mass is 35.5. The number of phenols is 1. The van der Waals surface area contributed by atoms with Crippen molar-refractivity contribution in [3.05, 3.63) is 33.4 Å². The number of benzene rings is 1. The summed E-state index contributed by atoms with van der Waals surface area (Å²) in [5, 5.41) is 15.7. The Balaban J connectivity index is 2.49. The lowest BCUT2D eigenvalue weighted by Gasteiger charge is -2.09. The standard InChI is InChI=1S/C12H12Cl2N2OS/c1-6-7(2)15-16(3)12(6)18-11-8(13)4-5-9(17)10(11)14/h4-5,17H,1-3H3. The molecule has 0 aliphatic heterocycles. The van der Waals surface area contributed by atoms with Gasteiger partial charge in [-0.1, -0.05) is 35.0 Å². The van der Waals surface area contributed by atoms with Gasteiger partial charge in [-0.15, -0.1) is 0 Å². The predicted octanol–water partition coefficient (Wildman–Crippen LogP) is 4.20. The number of aromatic nitrogens is 2. The third-order valence-corrected chi connectivity index (χ3v) is 5.00. The largest absolute Gasteiger partial charge is 0.506 e. The molecule has 0 fully saturated rings. The first-order valence-corrected chi connectivity index (χ1v) is 6.84. The molecule has 0 saturated heterocycles. The van der Waals surface area contributed by atoms with E-state index in [0.29, 0.717) is 9.92 Å². The van der Waals surface area contributed by atoms with Gasteiger partial charge in [0.25, 0.3) is 0 Å². The van der Waals surface area contributed by atoms with E-state index >= 15 is 0 Å². The van der Waals surface area contributed by atoms with Crippen molar-refractivity contribution in [2.24, 2.45) is 7.05 Å². The second-order valence-corrected chi connectivity index (χ2v) is 5.74. The third-order valence-electron chi connectivity index (χ3n) is 2.68. The fourth-order valence-corrected chi connectivity index (χ4v) is 3.23. The van der Waals surface area contributed by atoms with Gasteiger partial charge in [0.15, 0.2) is 0 Å². The lowest BCUT2D eigenvalue weighted by molar-refractivity contribution is 0.474. The Labute approximate surface area is 120 Å². The van der Waals surface area contributed by atoms with Crippen LogP contribution in [0.5, 0.6) is 5.75 Å². The summed E-state index contributed by atoms with van der Waals surface area (Å²) in [6.45, 7) is 3.94. The number of aromatic hydroxyl groups is 1. The molecule has 1 N–H and O–H groups in total. The summed E-state index contributed by atoms with van der Waals surface area (Å²) in [6.07, 6.45) is 0. The molecule has 0 unspecified atom stereocenters. The molecule has 0 amide bonds. The van der Waals surface area contributed by atoms with Gasteiger partial charge in [-0.05, 0) is 26.0 Å². The Morgan fingerprint density at radius 1 is 1.28 bits per heavy atom. The van der Waals surface area contributed by atoms with Gasteiger partial charge in [0.2, 0.25) is 0 Å². The summed E-state index contributed by atoms with van der Waals surface area (Å²) in [5.41, 5.74) is 2.05. The summed E-state index contributed by atoms with van der Waals surface area (Å²) >= 11 is 13.6. The molecule has 0 saturated carbocycles. The van der Waals surface area contributed by atoms with Crippen LogP contribution in [-0.4, -0.2) is 14.9 Å². The summed E-state index contributed by atoms with van der Waals surface area (Å²) in [4.78, 5) is 0.643. The Morgan fingerprint density at radius 3 is 2.50 bits per heavy atom. The molecule has 18 heavy (non-hydrogen) atoms. The molecule has 0 bridgehead atoms. The molecular formula is C12H12Cl2N2OS. The smallest absolute Gasteiger partial charge is 0.135 e. The molecule has 6 heteroatoms. The summed E-state index contributed by atoms with van der Waals surface area (Å²) in [6, 6.07) is 3.11. The minimum atomic E-state index is 0.0279. The molecule has 0 spiro atoms. The SMILES string of the molecule is Cc1nn(C)c(Sc2c(Cl)ccc(O)c2Cl)c1C. The minimum absolute atomic E-state index is 0.0279. The van der Waals surface area contributed by atoms with E-state index in [4.69, 9.17) is 23.2 Å². The lowest BCUT2D eigenvalue weighted by atomic mass is 10.3. The first kappa shape index (κ1) is 13.6. The molecule has 96 valence electrons. The van der Waals surface area contributed by atoms with Crippen molar-refractivity contribution < 1.29 is 5.11 Å². The van der Waals surface area contributed by atoms with Crippen molar-refractivity contribution in [1.29, 1.82) is 0 Å². The van der Waals surface area contributed by atoms with Crippen LogP contribution in [0, 0.1) is 13.8 Å². The Morgan fingerprint density at radius 2 is 1.94 bits per heavy atom. The number of phenolic OH excluding ortho intramolecular Hbond substituents is 1. The number of hydrogen-bond acceptors (Lipinski definition) is 3. The zero-order chi connectivity index (χ0) is 13.4. The molecular weight excluding hydrogens is 291 g/mol. The van der Waals surface area contributed by atoms with E-state index in [1.807, 2.05) is 20.9 Å². The Hall–Kier alpha value is -0.840. The maximum atomic E-state index is 9.62. The van der Waals surface area contributed by atoms with E-state index in [1.165, 1.54) is 17.8 Å². The minimum Gasteiger partial charge on any atom is -0.506 e. The number of halogens is 2. The molecule has 0 atom stereocenters. The van der Waals surface area contributed by atoms with Crippen molar-refractivity contribution in [2.45, 2.75) is 23.8 Å². The molecule has 3 nitrogen and oxygen atoms in total. The first-order valence-electron chi connectivity index (χ1n) is 5.26. The zero-order valence-electron chi connectivity index (χ0n) is 10.2. The van der Waals surface area contributed by atoms with Gasteiger partial charge in [-0.25, -0.2) is 0 Å². The number of nitrogens with zero attached hydrogens (tertiary/aromatic N) is 2. The van der Waals surface area contributed by atoms with Gasteiger partial charge in [0, 0.05) is 12.6 Å². The van der Waals surface area contributed by atoms with Gasteiger partial charge in [-0.3, -0.25) is 4.68 Å². The van der Waals surface area contributed by atoms with Crippen LogP contribution in [0.1, 0.15) is 11.3 Å². The molecule has 1 aromatic heterocycles. The van der Waals surface area contributed by atoms with Crippen molar-refractivity contribution >= 4 is 35.0 Å². The number of aryl methyl sites for hydroxylation is 2. The van der Waals surface area contributed by atoms with Crippen molar-refractivity contribution in [3.8, 4) is 5.75 Å². The average Bonchev–Trinajstić information content (AvgIpc) is 2.55. The van der Waals surface area contributed by atoms with Gasteiger partial charge >= 0.3 is 0 Å². The van der Waals surface area contributed by atoms with E-state index in [-0.39, 0.29) is 10.8 Å². The lowest BCUT2D eigenvalue weighted by Crippen LogP contribution is -1.93. The molecule has 1 heterocycles. The predicted molar refractivity (Wildman–Crippen MR) is 74.9 cm³/mol. The van der Waals surface area contributed by atoms with Gasteiger partial charge in [-0.2, -0.15) is 5.10 Å². The van der Waals surface area contributed by atoms with E-state index in [1.54, 1.807) is 10.7 Å². The molecule has 0 aliphatic carbocycles. The summed E-state index contributed by atoms with van der Waals surface area (Å²) in [7, 11) is 1.87. The van der Waals surface area contributed by atoms with Crippen molar-refractivity contribution in [1.82, 2.24) is 9.78 Å². The van der Waals surface area contributed by atoms with Crippen LogP contribution in [0.2, 0.25) is 10.0 Å². The topological polar surface area (TPSA) is 38.0 Å². The fourth-order valence-electron chi connectivity index (χ4n) is 1.60. The molecule has 2 aromatic rings. The fraction of sp³-hybridized carbons (Fsp3) is 0.250. The average molecular weight is 303 g/mol. The van der Waals surface area contributed by atoms with Gasteiger partial charge in [0.05, 0.1) is 20.6 Å². The highest BCUT2D eigenvalue weighted by molar-refractivity contribution is 7.99.